The van der Waals surface area contributed by atoms with E-state index in [1.54, 1.807) is 18.4 Å². The molecule has 2 heterocycles. The van der Waals surface area contributed by atoms with Gasteiger partial charge in [0.25, 0.3) is 0 Å². The number of carbonyl (C=O) groups excluding carboxylic acids is 1. The fourth-order valence-corrected chi connectivity index (χ4v) is 3.81. The molecule has 3 rings (SSSR count). The average Bonchev–Trinajstić information content (AvgIpc) is 3.18. The number of methoxy groups -OCH3 is 1. The number of benzene rings is 1. The lowest BCUT2D eigenvalue weighted by molar-refractivity contribution is -0.129. The molecule has 1 aromatic carbocycles. The molecule has 0 bridgehead atoms. The van der Waals surface area contributed by atoms with Gasteiger partial charge in [-0.15, -0.1) is 11.3 Å². The molecule has 6 heteroatoms. The molecular weight excluding hydrogens is 320 g/mol. The highest BCUT2D eigenvalue weighted by Crippen LogP contribution is 2.39. The van der Waals surface area contributed by atoms with Crippen molar-refractivity contribution in [2.24, 2.45) is 0 Å². The number of Topliss-reactive ketones (excluding diaryl/α,β-unsaturated/α-hetero) is 1. The lowest BCUT2D eigenvalue weighted by atomic mass is 9.86. The highest BCUT2D eigenvalue weighted by molar-refractivity contribution is 7.10. The SMILES string of the molecule is COCC(=O)C1(c2cccs2)CC(c2ccc(Cl)cc2)NN1. The maximum absolute atomic E-state index is 12.7. The monoisotopic (exact) mass is 336 g/mol. The second-order valence-corrected chi connectivity index (χ2v) is 6.70. The van der Waals surface area contributed by atoms with Gasteiger partial charge in [-0.05, 0) is 35.6 Å². The first-order valence-corrected chi connectivity index (χ1v) is 8.26. The highest BCUT2D eigenvalue weighted by Gasteiger charge is 2.47. The van der Waals surface area contributed by atoms with E-state index in [2.05, 4.69) is 10.9 Å². The van der Waals surface area contributed by atoms with E-state index < -0.39 is 5.54 Å². The second-order valence-electron chi connectivity index (χ2n) is 5.32. The molecule has 1 aliphatic heterocycles. The molecule has 2 aromatic rings. The molecule has 2 atom stereocenters. The number of hydrazine groups is 1. The lowest BCUT2D eigenvalue weighted by Crippen LogP contribution is -2.48. The van der Waals surface area contributed by atoms with Crippen molar-refractivity contribution >= 4 is 28.7 Å². The van der Waals surface area contributed by atoms with Crippen molar-refractivity contribution in [3.05, 3.63) is 57.2 Å². The van der Waals surface area contributed by atoms with Gasteiger partial charge in [0, 0.05) is 23.1 Å². The summed E-state index contributed by atoms with van der Waals surface area (Å²) >= 11 is 7.52. The van der Waals surface area contributed by atoms with E-state index in [-0.39, 0.29) is 18.4 Å². The van der Waals surface area contributed by atoms with Gasteiger partial charge in [0.05, 0.1) is 0 Å². The third kappa shape index (κ3) is 2.83. The van der Waals surface area contributed by atoms with Crippen LogP contribution >= 0.6 is 22.9 Å². The number of rotatable bonds is 5. The molecule has 1 aromatic heterocycles. The number of ether oxygens (including phenoxy) is 1. The number of carbonyl (C=O) groups is 1. The minimum atomic E-state index is -0.742. The van der Waals surface area contributed by atoms with E-state index in [0.717, 1.165) is 10.4 Å². The smallest absolute Gasteiger partial charge is 0.185 e. The molecule has 4 nitrogen and oxygen atoms in total. The van der Waals surface area contributed by atoms with Gasteiger partial charge >= 0.3 is 0 Å². The van der Waals surface area contributed by atoms with Crippen LogP contribution in [0.4, 0.5) is 0 Å². The standard InChI is InChI=1S/C16H17ClN2O2S/c1-21-10-14(20)16(15-3-2-8-22-15)9-13(18-19-16)11-4-6-12(17)7-5-11/h2-8,13,18-19H,9-10H2,1H3. The molecule has 2 unspecified atom stereocenters. The van der Waals surface area contributed by atoms with Crippen LogP contribution in [0.25, 0.3) is 0 Å². The van der Waals surface area contributed by atoms with Gasteiger partial charge in [-0.25, -0.2) is 10.9 Å². The van der Waals surface area contributed by atoms with Gasteiger partial charge in [-0.2, -0.15) is 0 Å². The van der Waals surface area contributed by atoms with Crippen LogP contribution in [0.5, 0.6) is 0 Å². The lowest BCUT2D eigenvalue weighted by Gasteiger charge is -2.25. The summed E-state index contributed by atoms with van der Waals surface area (Å²) in [6, 6.07) is 11.7. The van der Waals surface area contributed by atoms with Gasteiger partial charge < -0.3 is 4.74 Å². The zero-order chi connectivity index (χ0) is 15.6. The predicted octanol–water partition coefficient (Wildman–Crippen LogP) is 3.05. The summed E-state index contributed by atoms with van der Waals surface area (Å²) in [5, 5.41) is 2.68. The van der Waals surface area contributed by atoms with Crippen LogP contribution in [-0.2, 0) is 15.1 Å². The summed E-state index contributed by atoms with van der Waals surface area (Å²) in [6.45, 7) is 0.0833. The Bertz CT molecular complexity index is 645. The molecular formula is C16H17ClN2O2S. The van der Waals surface area contributed by atoms with E-state index in [4.69, 9.17) is 16.3 Å². The fraction of sp³-hybridized carbons (Fsp3) is 0.312. The van der Waals surface area contributed by atoms with Crippen LogP contribution in [0, 0.1) is 0 Å². The van der Waals surface area contributed by atoms with Gasteiger partial charge in [0.1, 0.15) is 12.1 Å². The number of halogens is 1. The minimum Gasteiger partial charge on any atom is -0.377 e. The van der Waals surface area contributed by atoms with Gasteiger partial charge in [0.15, 0.2) is 5.78 Å². The van der Waals surface area contributed by atoms with Crippen molar-refractivity contribution in [1.82, 2.24) is 10.9 Å². The summed E-state index contributed by atoms with van der Waals surface area (Å²) < 4.78 is 5.07. The number of thiophene rings is 1. The van der Waals surface area contributed by atoms with Crippen LogP contribution in [0.2, 0.25) is 5.02 Å². The zero-order valence-corrected chi connectivity index (χ0v) is 13.7. The van der Waals surface area contributed by atoms with Crippen molar-refractivity contribution in [3.8, 4) is 0 Å². The molecule has 2 N–H and O–H groups in total. The molecule has 22 heavy (non-hydrogen) atoms. The van der Waals surface area contributed by atoms with E-state index in [0.29, 0.717) is 11.4 Å². The first kappa shape index (κ1) is 15.6. The summed E-state index contributed by atoms with van der Waals surface area (Å²) in [6.07, 6.45) is 0.636. The van der Waals surface area contributed by atoms with Crippen LogP contribution in [-0.4, -0.2) is 19.5 Å². The number of hydrogen-bond donors (Lipinski definition) is 2. The van der Waals surface area contributed by atoms with Crippen molar-refractivity contribution < 1.29 is 9.53 Å². The van der Waals surface area contributed by atoms with Gasteiger partial charge in [-0.3, -0.25) is 4.79 Å². The molecule has 1 fully saturated rings. The normalized spacial score (nSPS) is 24.5. The van der Waals surface area contributed by atoms with E-state index >= 15 is 0 Å². The topological polar surface area (TPSA) is 50.4 Å². The van der Waals surface area contributed by atoms with Crippen LogP contribution < -0.4 is 10.9 Å². The number of hydrogen-bond acceptors (Lipinski definition) is 5. The molecule has 1 aliphatic rings. The Labute approximate surface area is 138 Å². The van der Waals surface area contributed by atoms with Gasteiger partial charge in [-0.1, -0.05) is 29.8 Å². The average molecular weight is 337 g/mol. The van der Waals surface area contributed by atoms with Crippen molar-refractivity contribution in [1.29, 1.82) is 0 Å². The first-order chi connectivity index (χ1) is 10.7. The molecule has 0 aliphatic carbocycles. The number of nitrogens with one attached hydrogen (secondary N) is 2. The van der Waals surface area contributed by atoms with Crippen molar-refractivity contribution in [2.45, 2.75) is 18.0 Å². The Kier molecular flexibility index (Phi) is 4.61. The zero-order valence-electron chi connectivity index (χ0n) is 12.1. The third-order valence-electron chi connectivity index (χ3n) is 3.94. The molecule has 1 saturated heterocycles. The van der Waals surface area contributed by atoms with Crippen molar-refractivity contribution in [3.63, 3.8) is 0 Å². The van der Waals surface area contributed by atoms with E-state index in [1.807, 2.05) is 41.8 Å². The Hall–Kier alpha value is -1.24. The fourth-order valence-electron chi connectivity index (χ4n) is 2.77. The van der Waals surface area contributed by atoms with Crippen LogP contribution in [0.15, 0.2) is 41.8 Å². The van der Waals surface area contributed by atoms with E-state index in [9.17, 15) is 4.79 Å². The van der Waals surface area contributed by atoms with Gasteiger partial charge in [0.2, 0.25) is 0 Å². The van der Waals surface area contributed by atoms with E-state index in [1.165, 1.54) is 0 Å². The van der Waals surface area contributed by atoms with Crippen LogP contribution in [0.1, 0.15) is 22.9 Å². The maximum Gasteiger partial charge on any atom is 0.185 e. The second kappa shape index (κ2) is 6.48. The largest absolute Gasteiger partial charge is 0.377 e. The highest BCUT2D eigenvalue weighted by atomic mass is 35.5. The Balaban J connectivity index is 1.90. The van der Waals surface area contributed by atoms with Crippen molar-refractivity contribution in [2.75, 3.05) is 13.7 Å². The minimum absolute atomic E-state index is 0.0291. The molecule has 116 valence electrons. The quantitative estimate of drug-likeness (QED) is 0.881. The Morgan fingerprint density at radius 3 is 2.82 bits per heavy atom. The maximum atomic E-state index is 12.7. The number of ketones is 1. The predicted molar refractivity (Wildman–Crippen MR) is 88.0 cm³/mol. The summed E-state index contributed by atoms with van der Waals surface area (Å²) in [5.41, 5.74) is 6.82. The van der Waals surface area contributed by atoms with Crippen LogP contribution in [0.3, 0.4) is 0 Å². The molecule has 0 spiro atoms. The molecule has 0 saturated carbocycles. The summed E-state index contributed by atoms with van der Waals surface area (Å²) in [7, 11) is 1.54. The first-order valence-electron chi connectivity index (χ1n) is 7.00. The molecule has 0 radical (unpaired) electrons. The summed E-state index contributed by atoms with van der Waals surface area (Å²) in [4.78, 5) is 13.7. The third-order valence-corrected chi connectivity index (χ3v) is 5.22. The Morgan fingerprint density at radius 1 is 1.41 bits per heavy atom. The summed E-state index contributed by atoms with van der Waals surface area (Å²) in [5.74, 6) is 0.0291. The molecule has 0 amide bonds. The Morgan fingerprint density at radius 2 is 2.18 bits per heavy atom.